The van der Waals surface area contributed by atoms with Gasteiger partial charge in [0.05, 0.1) is 18.4 Å². The molecular weight excluding hydrogens is 316 g/mol. The van der Waals surface area contributed by atoms with Crippen LogP contribution in [0.25, 0.3) is 0 Å². The van der Waals surface area contributed by atoms with Gasteiger partial charge in [0.15, 0.2) is 0 Å². The second-order valence-corrected chi connectivity index (χ2v) is 6.87. The van der Waals surface area contributed by atoms with Crippen LogP contribution in [0.15, 0.2) is 30.6 Å². The topological polar surface area (TPSA) is 50.6 Å². The highest BCUT2D eigenvalue weighted by Gasteiger charge is 2.26. The van der Waals surface area contributed by atoms with Gasteiger partial charge < -0.3 is 9.64 Å². The van der Waals surface area contributed by atoms with Crippen LogP contribution in [0, 0.1) is 0 Å². The van der Waals surface area contributed by atoms with Crippen LogP contribution in [-0.4, -0.2) is 58.3 Å². The van der Waals surface area contributed by atoms with Gasteiger partial charge in [0.1, 0.15) is 5.75 Å². The predicted molar refractivity (Wildman–Crippen MR) is 94.7 cm³/mol. The Morgan fingerprint density at radius 1 is 1.24 bits per heavy atom. The minimum atomic E-state index is 0.0753. The van der Waals surface area contributed by atoms with Crippen molar-refractivity contribution in [3.05, 3.63) is 47.3 Å². The van der Waals surface area contributed by atoms with Crippen LogP contribution in [0.2, 0.25) is 0 Å². The zero-order valence-electron chi connectivity index (χ0n) is 14.8. The van der Waals surface area contributed by atoms with Crippen molar-refractivity contribution < 1.29 is 9.53 Å². The molecule has 1 saturated heterocycles. The molecule has 1 aromatic carbocycles. The largest absolute Gasteiger partial charge is 0.493 e. The van der Waals surface area contributed by atoms with Gasteiger partial charge in [0.25, 0.3) is 5.91 Å². The lowest BCUT2D eigenvalue weighted by Crippen LogP contribution is -2.49. The number of carbonyl (C=O) groups is 1. The molecule has 6 nitrogen and oxygen atoms in total. The number of aromatic nitrogens is 2. The van der Waals surface area contributed by atoms with Gasteiger partial charge in [-0.05, 0) is 24.1 Å². The fourth-order valence-electron chi connectivity index (χ4n) is 3.68. The molecule has 1 amide bonds. The molecule has 0 saturated carbocycles. The van der Waals surface area contributed by atoms with Gasteiger partial charge in [-0.15, -0.1) is 0 Å². The molecular formula is C19H24N4O2. The average molecular weight is 340 g/mol. The molecule has 25 heavy (non-hydrogen) atoms. The molecule has 2 aliphatic rings. The third-order valence-electron chi connectivity index (χ3n) is 5.30. The van der Waals surface area contributed by atoms with E-state index in [1.807, 2.05) is 11.9 Å². The number of hydrogen-bond acceptors (Lipinski definition) is 4. The van der Waals surface area contributed by atoms with E-state index in [0.29, 0.717) is 11.6 Å². The van der Waals surface area contributed by atoms with E-state index in [-0.39, 0.29) is 5.91 Å². The maximum atomic E-state index is 12.5. The minimum absolute atomic E-state index is 0.0753. The van der Waals surface area contributed by atoms with Gasteiger partial charge >= 0.3 is 0 Å². The molecule has 4 rings (SSSR count). The Bertz CT molecular complexity index is 777. The van der Waals surface area contributed by atoms with Crippen LogP contribution < -0.4 is 4.74 Å². The van der Waals surface area contributed by atoms with E-state index in [2.05, 4.69) is 35.1 Å². The van der Waals surface area contributed by atoms with E-state index >= 15 is 0 Å². The van der Waals surface area contributed by atoms with E-state index in [4.69, 9.17) is 4.74 Å². The lowest BCUT2D eigenvalue weighted by molar-refractivity contribution is 0.0582. The van der Waals surface area contributed by atoms with E-state index in [9.17, 15) is 4.79 Å². The lowest BCUT2D eigenvalue weighted by atomic mass is 10.0. The van der Waals surface area contributed by atoms with Crippen molar-refractivity contribution in [1.82, 2.24) is 19.6 Å². The zero-order chi connectivity index (χ0) is 17.4. The molecule has 0 radical (unpaired) electrons. The molecule has 1 atom stereocenters. The maximum absolute atomic E-state index is 12.5. The number of fused-ring (bicyclic) bond motifs is 1. The molecule has 0 aliphatic carbocycles. The number of benzene rings is 1. The maximum Gasteiger partial charge on any atom is 0.257 e. The number of rotatable bonds is 3. The fraction of sp³-hybridized carbons (Fsp3) is 0.474. The van der Waals surface area contributed by atoms with Gasteiger partial charge in [0.2, 0.25) is 0 Å². The van der Waals surface area contributed by atoms with E-state index < -0.39 is 0 Å². The average Bonchev–Trinajstić information content (AvgIpc) is 3.28. The lowest BCUT2D eigenvalue weighted by Gasteiger charge is -2.38. The van der Waals surface area contributed by atoms with E-state index in [0.717, 1.165) is 45.0 Å². The summed E-state index contributed by atoms with van der Waals surface area (Å²) in [7, 11) is 1.83. The Labute approximate surface area is 148 Å². The first-order valence-corrected chi connectivity index (χ1v) is 8.89. The summed E-state index contributed by atoms with van der Waals surface area (Å²) in [5.74, 6) is 1.11. The highest BCUT2D eigenvalue weighted by Crippen LogP contribution is 2.31. The first-order valence-electron chi connectivity index (χ1n) is 8.89. The SMILES string of the molecule is C[C@@H](c1ccc2c(c1)OCC2)N1CCN(C(=O)c2cnn(C)c2)CC1. The molecule has 1 aromatic heterocycles. The first kappa shape index (κ1) is 16.1. The third kappa shape index (κ3) is 3.14. The van der Waals surface area contributed by atoms with Crippen molar-refractivity contribution >= 4 is 5.91 Å². The molecule has 0 bridgehead atoms. The summed E-state index contributed by atoms with van der Waals surface area (Å²) >= 11 is 0. The summed E-state index contributed by atoms with van der Waals surface area (Å²) in [6.45, 7) is 6.28. The van der Waals surface area contributed by atoms with Crippen molar-refractivity contribution in [2.24, 2.45) is 7.05 Å². The van der Waals surface area contributed by atoms with Crippen molar-refractivity contribution in [3.63, 3.8) is 0 Å². The number of hydrogen-bond donors (Lipinski definition) is 0. The van der Waals surface area contributed by atoms with Crippen LogP contribution in [0.5, 0.6) is 5.75 Å². The van der Waals surface area contributed by atoms with Crippen LogP contribution in [0.1, 0.15) is 34.5 Å². The highest BCUT2D eigenvalue weighted by atomic mass is 16.5. The molecule has 1 fully saturated rings. The third-order valence-corrected chi connectivity index (χ3v) is 5.30. The van der Waals surface area contributed by atoms with Gasteiger partial charge in [-0.3, -0.25) is 14.4 Å². The Hall–Kier alpha value is -2.34. The molecule has 3 heterocycles. The Kier molecular flexibility index (Phi) is 4.21. The Balaban J connectivity index is 1.39. The first-order chi connectivity index (χ1) is 12.1. The predicted octanol–water partition coefficient (Wildman–Crippen LogP) is 1.87. The van der Waals surface area contributed by atoms with Crippen molar-refractivity contribution in [1.29, 1.82) is 0 Å². The second-order valence-electron chi connectivity index (χ2n) is 6.87. The quantitative estimate of drug-likeness (QED) is 0.856. The fourth-order valence-corrected chi connectivity index (χ4v) is 3.68. The summed E-state index contributed by atoms with van der Waals surface area (Å²) in [5.41, 5.74) is 3.26. The monoisotopic (exact) mass is 340 g/mol. The van der Waals surface area contributed by atoms with Crippen LogP contribution >= 0.6 is 0 Å². The molecule has 6 heteroatoms. The van der Waals surface area contributed by atoms with Crippen LogP contribution in [0.3, 0.4) is 0 Å². The standard InChI is InChI=1S/C19H24N4O2/c1-14(16-4-3-15-5-10-25-18(15)11-16)22-6-8-23(9-7-22)19(24)17-12-20-21(2)13-17/h3-4,11-14H,5-10H2,1-2H3/t14-/m0/s1. The molecule has 0 N–H and O–H groups in total. The number of amides is 1. The summed E-state index contributed by atoms with van der Waals surface area (Å²) < 4.78 is 7.36. The van der Waals surface area contributed by atoms with Gasteiger partial charge in [-0.1, -0.05) is 12.1 Å². The van der Waals surface area contributed by atoms with Crippen molar-refractivity contribution in [2.75, 3.05) is 32.8 Å². The number of piperazine rings is 1. The summed E-state index contributed by atoms with van der Waals surface area (Å²) in [5, 5.41) is 4.09. The van der Waals surface area contributed by atoms with E-state index in [1.165, 1.54) is 11.1 Å². The Morgan fingerprint density at radius 3 is 2.76 bits per heavy atom. The number of aryl methyl sites for hydroxylation is 1. The number of nitrogens with zero attached hydrogens (tertiary/aromatic N) is 4. The van der Waals surface area contributed by atoms with E-state index in [1.54, 1.807) is 17.1 Å². The van der Waals surface area contributed by atoms with Gasteiger partial charge in [-0.2, -0.15) is 5.10 Å². The van der Waals surface area contributed by atoms with Crippen LogP contribution in [-0.2, 0) is 13.5 Å². The normalized spacial score (nSPS) is 18.7. The number of carbonyl (C=O) groups excluding carboxylic acids is 1. The Morgan fingerprint density at radius 2 is 2.04 bits per heavy atom. The molecule has 2 aliphatic heterocycles. The molecule has 0 spiro atoms. The van der Waals surface area contributed by atoms with Gasteiger partial charge in [-0.25, -0.2) is 0 Å². The summed E-state index contributed by atoms with van der Waals surface area (Å²) in [4.78, 5) is 16.9. The minimum Gasteiger partial charge on any atom is -0.493 e. The molecule has 132 valence electrons. The smallest absolute Gasteiger partial charge is 0.257 e. The van der Waals surface area contributed by atoms with Crippen LogP contribution in [0.4, 0.5) is 0 Å². The zero-order valence-corrected chi connectivity index (χ0v) is 14.8. The summed E-state index contributed by atoms with van der Waals surface area (Å²) in [6.07, 6.45) is 4.43. The second kappa shape index (κ2) is 6.52. The van der Waals surface area contributed by atoms with Crippen molar-refractivity contribution in [3.8, 4) is 5.75 Å². The molecule has 2 aromatic rings. The highest BCUT2D eigenvalue weighted by molar-refractivity contribution is 5.93. The summed E-state index contributed by atoms with van der Waals surface area (Å²) in [6, 6.07) is 6.91. The van der Waals surface area contributed by atoms with Crippen molar-refractivity contribution in [2.45, 2.75) is 19.4 Å². The molecule has 0 unspecified atom stereocenters. The van der Waals surface area contributed by atoms with Gasteiger partial charge in [0, 0.05) is 51.9 Å². The number of ether oxygens (including phenoxy) is 1.